The van der Waals surface area contributed by atoms with E-state index in [0.29, 0.717) is 13.1 Å². The predicted molar refractivity (Wildman–Crippen MR) is 127 cm³/mol. The molecule has 0 radical (unpaired) electrons. The van der Waals surface area contributed by atoms with Crippen LogP contribution in [0.3, 0.4) is 0 Å². The highest BCUT2D eigenvalue weighted by atomic mass is 16.3. The minimum absolute atomic E-state index is 0.000545. The minimum Gasteiger partial charge on any atom is -0.390 e. The predicted octanol–water partition coefficient (Wildman–Crippen LogP) is 1.76. The molecule has 4 rings (SSSR count). The number of rotatable bonds is 8. The Labute approximate surface area is 194 Å². The number of carbonyl (C=O) groups is 2. The quantitative estimate of drug-likeness (QED) is 0.593. The average Bonchev–Trinajstić information content (AvgIpc) is 3.00. The number of nitrogens with one attached hydrogen (secondary N) is 1. The number of pyridine rings is 1. The maximum atomic E-state index is 13.2. The van der Waals surface area contributed by atoms with Crippen LogP contribution < -0.4 is 10.9 Å². The number of aliphatic hydroxyl groups excluding tert-OH is 1. The molecule has 1 unspecified atom stereocenters. The third-order valence-corrected chi connectivity index (χ3v) is 7.03. The first-order valence-corrected chi connectivity index (χ1v) is 11.8. The van der Waals surface area contributed by atoms with Gasteiger partial charge in [-0.3, -0.25) is 19.3 Å². The summed E-state index contributed by atoms with van der Waals surface area (Å²) in [6.07, 6.45) is 3.78. The molecule has 0 saturated carbocycles. The molecular formula is C25H34N4O4. The summed E-state index contributed by atoms with van der Waals surface area (Å²) in [6.45, 7) is 4.73. The second-order valence-corrected chi connectivity index (χ2v) is 9.81. The van der Waals surface area contributed by atoms with Crippen LogP contribution in [0, 0.1) is 0 Å². The van der Waals surface area contributed by atoms with Crippen molar-refractivity contribution in [3.8, 4) is 0 Å². The molecule has 2 aliphatic rings. The number of amides is 2. The monoisotopic (exact) mass is 454 g/mol. The Hall–Kier alpha value is -2.71. The summed E-state index contributed by atoms with van der Waals surface area (Å²) in [5.41, 5.74) is 0.757. The third kappa shape index (κ3) is 4.82. The van der Waals surface area contributed by atoms with E-state index >= 15 is 0 Å². The number of carbonyl (C=O) groups excluding carboxylic acids is 2. The second-order valence-electron chi connectivity index (χ2n) is 9.81. The maximum absolute atomic E-state index is 13.2. The van der Waals surface area contributed by atoms with Crippen molar-refractivity contribution in [3.63, 3.8) is 0 Å². The number of aromatic nitrogens is 1. The molecule has 2 aromatic rings. The van der Waals surface area contributed by atoms with E-state index in [4.69, 9.17) is 0 Å². The van der Waals surface area contributed by atoms with Gasteiger partial charge >= 0.3 is 0 Å². The summed E-state index contributed by atoms with van der Waals surface area (Å²) in [5, 5.41) is 14.4. The first-order chi connectivity index (χ1) is 15.8. The number of hydrogen-bond donors (Lipinski definition) is 2. The Morgan fingerprint density at radius 1 is 1.24 bits per heavy atom. The molecule has 2 aliphatic heterocycles. The Kier molecular flexibility index (Phi) is 6.86. The summed E-state index contributed by atoms with van der Waals surface area (Å²) in [4.78, 5) is 41.0. The van der Waals surface area contributed by atoms with E-state index < -0.39 is 6.10 Å². The molecule has 8 heteroatoms. The van der Waals surface area contributed by atoms with Gasteiger partial charge in [-0.2, -0.15) is 0 Å². The van der Waals surface area contributed by atoms with Crippen LogP contribution >= 0.6 is 0 Å². The summed E-state index contributed by atoms with van der Waals surface area (Å²) in [5.74, 6) is -0.314. The van der Waals surface area contributed by atoms with Crippen molar-refractivity contribution in [2.24, 2.45) is 0 Å². The zero-order valence-corrected chi connectivity index (χ0v) is 19.6. The van der Waals surface area contributed by atoms with Crippen molar-refractivity contribution in [1.29, 1.82) is 0 Å². The fraction of sp³-hybridized carbons (Fsp3) is 0.560. The molecule has 8 nitrogen and oxygen atoms in total. The first kappa shape index (κ1) is 23.4. The second kappa shape index (κ2) is 9.65. The van der Waals surface area contributed by atoms with Gasteiger partial charge in [0.15, 0.2) is 0 Å². The van der Waals surface area contributed by atoms with Crippen LogP contribution in [0.2, 0.25) is 0 Å². The van der Waals surface area contributed by atoms with Gasteiger partial charge in [0.05, 0.1) is 11.6 Å². The zero-order valence-electron chi connectivity index (χ0n) is 19.6. The standard InChI is InChI=1S/C25H34N4O4/c1-16(2)29-23-7-5-4-6-17(23)10-22(25(29)33)24(32)26-18-11-19-8-9-20(12-18)28(19)14-21(31)13-27(3)15-30/h4-7,10,15-16,18-21,31H,8-9,11-14H2,1-3H3,(H,26,32)/t19-,20-,21?/m0/s1. The number of benzene rings is 1. The summed E-state index contributed by atoms with van der Waals surface area (Å²) < 4.78 is 1.69. The highest BCUT2D eigenvalue weighted by Gasteiger charge is 2.41. The number of nitrogens with zero attached hydrogens (tertiary/aromatic N) is 3. The maximum Gasteiger partial charge on any atom is 0.264 e. The lowest BCUT2D eigenvalue weighted by Crippen LogP contribution is -2.53. The lowest BCUT2D eigenvalue weighted by molar-refractivity contribution is -0.118. The number of fused-ring (bicyclic) bond motifs is 3. The molecule has 1 aromatic heterocycles. The van der Waals surface area contributed by atoms with Gasteiger partial charge in [-0.15, -0.1) is 0 Å². The molecule has 2 saturated heterocycles. The highest BCUT2D eigenvalue weighted by Crippen LogP contribution is 2.36. The lowest BCUT2D eigenvalue weighted by Gasteiger charge is -2.40. The fourth-order valence-corrected chi connectivity index (χ4v) is 5.59. The van der Waals surface area contributed by atoms with Gasteiger partial charge < -0.3 is 19.9 Å². The van der Waals surface area contributed by atoms with Gasteiger partial charge in [0.25, 0.3) is 11.5 Å². The number of hydrogen-bond acceptors (Lipinski definition) is 5. The van der Waals surface area contributed by atoms with Crippen molar-refractivity contribution >= 4 is 23.2 Å². The zero-order chi connectivity index (χ0) is 23.7. The Morgan fingerprint density at radius 2 is 1.91 bits per heavy atom. The number of aliphatic hydroxyl groups is 1. The van der Waals surface area contributed by atoms with E-state index in [-0.39, 0.29) is 41.2 Å². The molecule has 33 heavy (non-hydrogen) atoms. The Morgan fingerprint density at radius 3 is 2.55 bits per heavy atom. The molecule has 2 N–H and O–H groups in total. The molecule has 0 spiro atoms. The van der Waals surface area contributed by atoms with Gasteiger partial charge in [-0.05, 0) is 57.0 Å². The molecule has 0 aliphatic carbocycles. The summed E-state index contributed by atoms with van der Waals surface area (Å²) in [6, 6.07) is 9.87. The van der Waals surface area contributed by atoms with E-state index in [1.807, 2.05) is 38.1 Å². The van der Waals surface area contributed by atoms with Crippen LogP contribution in [-0.2, 0) is 4.79 Å². The molecule has 3 atom stereocenters. The minimum atomic E-state index is -0.596. The number of piperidine rings is 1. The van der Waals surface area contributed by atoms with Crippen LogP contribution in [0.4, 0.5) is 0 Å². The summed E-state index contributed by atoms with van der Waals surface area (Å²) >= 11 is 0. The van der Waals surface area contributed by atoms with Gasteiger partial charge in [-0.1, -0.05) is 18.2 Å². The van der Waals surface area contributed by atoms with Crippen LogP contribution in [0.5, 0.6) is 0 Å². The van der Waals surface area contributed by atoms with Crippen LogP contribution in [-0.4, -0.2) is 76.2 Å². The van der Waals surface area contributed by atoms with E-state index in [1.165, 1.54) is 4.90 Å². The van der Waals surface area contributed by atoms with Gasteiger partial charge in [-0.25, -0.2) is 0 Å². The molecule has 1 aromatic carbocycles. The van der Waals surface area contributed by atoms with E-state index in [0.717, 1.165) is 43.0 Å². The van der Waals surface area contributed by atoms with Gasteiger partial charge in [0.2, 0.25) is 6.41 Å². The van der Waals surface area contributed by atoms with Crippen molar-refractivity contribution in [1.82, 2.24) is 19.7 Å². The molecule has 178 valence electrons. The molecule has 2 amide bonds. The number of para-hydroxylation sites is 1. The van der Waals surface area contributed by atoms with E-state index in [1.54, 1.807) is 17.7 Å². The summed E-state index contributed by atoms with van der Waals surface area (Å²) in [7, 11) is 1.66. The van der Waals surface area contributed by atoms with Crippen molar-refractivity contribution in [2.45, 2.75) is 69.8 Å². The van der Waals surface area contributed by atoms with Crippen LogP contribution in [0.15, 0.2) is 35.1 Å². The van der Waals surface area contributed by atoms with Gasteiger partial charge in [0, 0.05) is 44.3 Å². The average molecular weight is 455 g/mol. The molecular weight excluding hydrogens is 420 g/mol. The number of likely N-dealkylation sites (N-methyl/N-ethyl adjacent to an activating group) is 1. The van der Waals surface area contributed by atoms with Crippen molar-refractivity contribution in [3.05, 3.63) is 46.2 Å². The first-order valence-electron chi connectivity index (χ1n) is 11.8. The Balaban J connectivity index is 1.47. The lowest BCUT2D eigenvalue weighted by atomic mass is 9.96. The van der Waals surface area contributed by atoms with Crippen LogP contribution in [0.25, 0.3) is 10.9 Å². The third-order valence-electron chi connectivity index (χ3n) is 7.03. The van der Waals surface area contributed by atoms with E-state index in [2.05, 4.69) is 10.2 Å². The van der Waals surface area contributed by atoms with Crippen molar-refractivity contribution < 1.29 is 14.7 Å². The highest BCUT2D eigenvalue weighted by molar-refractivity contribution is 5.97. The molecule has 2 bridgehead atoms. The van der Waals surface area contributed by atoms with Crippen molar-refractivity contribution in [2.75, 3.05) is 20.1 Å². The fourth-order valence-electron chi connectivity index (χ4n) is 5.59. The molecule has 2 fully saturated rings. The van der Waals surface area contributed by atoms with Crippen LogP contribution in [0.1, 0.15) is 55.9 Å². The normalized spacial score (nSPS) is 23.6. The largest absolute Gasteiger partial charge is 0.390 e. The van der Waals surface area contributed by atoms with Gasteiger partial charge in [0.1, 0.15) is 5.56 Å². The topological polar surface area (TPSA) is 94.9 Å². The Bertz CT molecular complexity index is 1070. The van der Waals surface area contributed by atoms with E-state index in [9.17, 15) is 19.5 Å². The SMILES string of the molecule is CC(C)n1c(=O)c(C(=O)NC2C[C@@H]3CC[C@@H](C2)N3CC(O)CN(C)C=O)cc2ccccc21. The smallest absolute Gasteiger partial charge is 0.264 e. The molecule has 3 heterocycles.